The molecule has 3 aromatic rings. The van der Waals surface area contributed by atoms with Gasteiger partial charge in [0.15, 0.2) is 0 Å². The second kappa shape index (κ2) is 7.31. The number of carbonyl (C=O) groups excluding carboxylic acids is 1. The lowest BCUT2D eigenvalue weighted by molar-refractivity contribution is 0.0955. The van der Waals surface area contributed by atoms with E-state index in [1.54, 1.807) is 25.1 Å². The molecule has 0 aliphatic rings. The summed E-state index contributed by atoms with van der Waals surface area (Å²) < 4.78 is 18.0. The summed E-state index contributed by atoms with van der Waals surface area (Å²) in [6.45, 7) is 2.15. The minimum absolute atomic E-state index is 0.213. The van der Waals surface area contributed by atoms with Gasteiger partial charge in [-0.2, -0.15) is 5.10 Å². The van der Waals surface area contributed by atoms with Crippen molar-refractivity contribution in [1.29, 1.82) is 0 Å². The van der Waals surface area contributed by atoms with Crippen LogP contribution in [0.15, 0.2) is 41.2 Å². The van der Waals surface area contributed by atoms with Crippen LogP contribution in [0.25, 0.3) is 11.3 Å². The van der Waals surface area contributed by atoms with Crippen LogP contribution < -0.4 is 10.9 Å². The van der Waals surface area contributed by atoms with Gasteiger partial charge < -0.3 is 5.32 Å². The number of rotatable bonds is 5. The van der Waals surface area contributed by atoms with Crippen LogP contribution in [-0.2, 0) is 6.54 Å². The Hall–Kier alpha value is -2.94. The number of benzene rings is 1. The molecule has 0 unspecified atom stereocenters. The predicted octanol–water partition coefficient (Wildman–Crippen LogP) is 1.64. The second-order valence-electron chi connectivity index (χ2n) is 5.23. The van der Waals surface area contributed by atoms with Gasteiger partial charge in [-0.15, -0.1) is 5.10 Å². The molecule has 1 aromatic carbocycles. The first kappa shape index (κ1) is 16.9. The van der Waals surface area contributed by atoms with Crippen molar-refractivity contribution < 1.29 is 9.18 Å². The smallest absolute Gasteiger partial charge is 0.266 e. The summed E-state index contributed by atoms with van der Waals surface area (Å²) in [6, 6.07) is 8.82. The van der Waals surface area contributed by atoms with Gasteiger partial charge in [0.2, 0.25) is 0 Å². The zero-order valence-corrected chi connectivity index (χ0v) is 14.1. The molecule has 1 amide bonds. The van der Waals surface area contributed by atoms with Gasteiger partial charge in [0.1, 0.15) is 10.7 Å². The molecule has 3 rings (SSSR count). The van der Waals surface area contributed by atoms with Gasteiger partial charge in [0.05, 0.1) is 17.9 Å². The zero-order chi connectivity index (χ0) is 17.8. The van der Waals surface area contributed by atoms with Gasteiger partial charge in [-0.25, -0.2) is 9.07 Å². The van der Waals surface area contributed by atoms with E-state index in [9.17, 15) is 14.0 Å². The molecule has 0 spiro atoms. The Morgan fingerprint density at radius 1 is 1.24 bits per heavy atom. The molecule has 1 N–H and O–H groups in total. The summed E-state index contributed by atoms with van der Waals surface area (Å²) in [6.07, 6.45) is 0. The number of amides is 1. The maximum atomic E-state index is 13.0. The van der Waals surface area contributed by atoms with E-state index >= 15 is 0 Å². The molecule has 0 aliphatic carbocycles. The maximum Gasteiger partial charge on any atom is 0.266 e. The Bertz CT molecular complexity index is 952. The summed E-state index contributed by atoms with van der Waals surface area (Å²) in [7, 11) is 0. The van der Waals surface area contributed by atoms with Crippen LogP contribution in [0.3, 0.4) is 0 Å². The van der Waals surface area contributed by atoms with E-state index in [4.69, 9.17) is 0 Å². The van der Waals surface area contributed by atoms with Gasteiger partial charge in [-0.1, -0.05) is 4.49 Å². The number of hydrogen-bond acceptors (Lipinski definition) is 6. The molecule has 2 aromatic heterocycles. The average molecular weight is 359 g/mol. The van der Waals surface area contributed by atoms with Crippen LogP contribution in [0.2, 0.25) is 0 Å². The van der Waals surface area contributed by atoms with E-state index in [-0.39, 0.29) is 30.4 Å². The van der Waals surface area contributed by atoms with E-state index in [2.05, 4.69) is 20.0 Å². The first-order valence-corrected chi connectivity index (χ1v) is 8.23. The molecule has 0 fully saturated rings. The Kier molecular flexibility index (Phi) is 4.94. The standard InChI is InChI=1S/C16H14FN5O2S/c1-10-15(25-21-19-10)16(24)18-8-9-22-14(23)7-6-13(20-22)11-2-4-12(17)5-3-11/h2-7H,8-9H2,1H3,(H,18,24). The van der Waals surface area contributed by atoms with Crippen molar-refractivity contribution in [2.45, 2.75) is 13.5 Å². The highest BCUT2D eigenvalue weighted by atomic mass is 32.1. The number of aryl methyl sites for hydroxylation is 1. The van der Waals surface area contributed by atoms with E-state index < -0.39 is 0 Å². The molecule has 7 nitrogen and oxygen atoms in total. The second-order valence-corrected chi connectivity index (χ2v) is 5.98. The zero-order valence-electron chi connectivity index (χ0n) is 13.3. The van der Waals surface area contributed by atoms with Crippen molar-refractivity contribution in [1.82, 2.24) is 24.7 Å². The maximum absolute atomic E-state index is 13.0. The van der Waals surface area contributed by atoms with Crippen molar-refractivity contribution in [2.75, 3.05) is 6.54 Å². The highest BCUT2D eigenvalue weighted by Gasteiger charge is 2.12. The molecule has 0 saturated carbocycles. The number of halogens is 1. The molecule has 0 radical (unpaired) electrons. The summed E-state index contributed by atoms with van der Waals surface area (Å²) >= 11 is 1.02. The van der Waals surface area contributed by atoms with Crippen LogP contribution in [0.1, 0.15) is 15.4 Å². The largest absolute Gasteiger partial charge is 0.349 e. The van der Waals surface area contributed by atoms with Gasteiger partial charge in [-0.05, 0) is 48.8 Å². The fourth-order valence-electron chi connectivity index (χ4n) is 2.18. The molecule has 0 atom stereocenters. The average Bonchev–Trinajstić information content (AvgIpc) is 3.03. The summed E-state index contributed by atoms with van der Waals surface area (Å²) in [5.41, 5.74) is 1.53. The molecule has 128 valence electrons. The Morgan fingerprint density at radius 3 is 2.68 bits per heavy atom. The fourth-order valence-corrected chi connectivity index (χ4v) is 2.75. The van der Waals surface area contributed by atoms with Gasteiger partial charge in [0, 0.05) is 18.2 Å². The third-order valence-corrected chi connectivity index (χ3v) is 4.30. The van der Waals surface area contributed by atoms with Crippen molar-refractivity contribution in [3.8, 4) is 11.3 Å². The molecule has 2 heterocycles. The normalized spacial score (nSPS) is 10.6. The summed E-state index contributed by atoms with van der Waals surface area (Å²) in [4.78, 5) is 24.4. The Morgan fingerprint density at radius 2 is 2.00 bits per heavy atom. The van der Waals surface area contributed by atoms with Crippen LogP contribution in [0, 0.1) is 12.7 Å². The summed E-state index contributed by atoms with van der Waals surface area (Å²) in [5, 5.41) is 10.8. The van der Waals surface area contributed by atoms with Crippen LogP contribution in [0.4, 0.5) is 4.39 Å². The molecular formula is C16H14FN5O2S. The molecule has 0 saturated heterocycles. The van der Waals surface area contributed by atoms with Crippen molar-refractivity contribution in [3.05, 3.63) is 63.1 Å². The number of aromatic nitrogens is 4. The van der Waals surface area contributed by atoms with Gasteiger partial charge in [-0.3, -0.25) is 9.59 Å². The Labute approximate surface area is 146 Å². The lowest BCUT2D eigenvalue weighted by Crippen LogP contribution is -2.31. The van der Waals surface area contributed by atoms with E-state index in [1.165, 1.54) is 22.9 Å². The number of nitrogens with one attached hydrogen (secondary N) is 1. The third kappa shape index (κ3) is 3.94. The number of carbonyl (C=O) groups is 1. The van der Waals surface area contributed by atoms with E-state index in [1.807, 2.05) is 0 Å². The van der Waals surface area contributed by atoms with Crippen LogP contribution in [0.5, 0.6) is 0 Å². The van der Waals surface area contributed by atoms with Crippen molar-refractivity contribution in [2.24, 2.45) is 0 Å². The highest BCUT2D eigenvalue weighted by Crippen LogP contribution is 2.15. The number of hydrogen-bond donors (Lipinski definition) is 1. The predicted molar refractivity (Wildman–Crippen MR) is 90.9 cm³/mol. The van der Waals surface area contributed by atoms with Crippen LogP contribution in [-0.4, -0.2) is 31.8 Å². The van der Waals surface area contributed by atoms with Crippen molar-refractivity contribution in [3.63, 3.8) is 0 Å². The molecular weight excluding hydrogens is 345 g/mol. The molecule has 0 bridgehead atoms. The minimum Gasteiger partial charge on any atom is -0.349 e. The quantitative estimate of drug-likeness (QED) is 0.748. The third-order valence-electron chi connectivity index (χ3n) is 3.47. The highest BCUT2D eigenvalue weighted by molar-refractivity contribution is 7.07. The topological polar surface area (TPSA) is 89.8 Å². The van der Waals surface area contributed by atoms with E-state index in [0.717, 1.165) is 11.5 Å². The van der Waals surface area contributed by atoms with Gasteiger partial charge >= 0.3 is 0 Å². The first-order chi connectivity index (χ1) is 12.0. The molecule has 0 aliphatic heterocycles. The molecule has 9 heteroatoms. The number of nitrogens with zero attached hydrogens (tertiary/aromatic N) is 4. The lowest BCUT2D eigenvalue weighted by atomic mass is 10.1. The van der Waals surface area contributed by atoms with Gasteiger partial charge in [0.25, 0.3) is 11.5 Å². The molecule has 25 heavy (non-hydrogen) atoms. The minimum atomic E-state index is -0.340. The van der Waals surface area contributed by atoms with Crippen molar-refractivity contribution >= 4 is 17.4 Å². The van der Waals surface area contributed by atoms with Crippen LogP contribution >= 0.6 is 11.5 Å². The lowest BCUT2D eigenvalue weighted by Gasteiger charge is -2.08. The SMILES string of the molecule is Cc1nnsc1C(=O)NCCn1nc(-c2ccc(F)cc2)ccc1=O. The summed E-state index contributed by atoms with van der Waals surface area (Å²) in [5.74, 6) is -0.622. The first-order valence-electron chi connectivity index (χ1n) is 7.46. The Balaban J connectivity index is 1.69. The van der Waals surface area contributed by atoms with E-state index in [0.29, 0.717) is 21.8 Å². The fraction of sp³-hybridized carbons (Fsp3) is 0.188. The monoisotopic (exact) mass is 359 g/mol.